The SMILES string of the molecule is CCNC(=O)C(C)Sc1nnc(N2CCOCC2)n1-c1ccccc1. The molecule has 0 radical (unpaired) electrons. The van der Waals surface area contributed by atoms with Gasteiger partial charge in [0.15, 0.2) is 5.16 Å². The van der Waals surface area contributed by atoms with Crippen molar-refractivity contribution in [3.63, 3.8) is 0 Å². The highest BCUT2D eigenvalue weighted by Gasteiger charge is 2.24. The van der Waals surface area contributed by atoms with Crippen molar-refractivity contribution >= 4 is 23.6 Å². The number of amides is 1. The topological polar surface area (TPSA) is 72.3 Å². The van der Waals surface area contributed by atoms with Gasteiger partial charge in [-0.05, 0) is 26.0 Å². The first-order chi connectivity index (χ1) is 12.2. The summed E-state index contributed by atoms with van der Waals surface area (Å²) in [5.74, 6) is 0.795. The molecular formula is C17H23N5O2S. The monoisotopic (exact) mass is 361 g/mol. The highest BCUT2D eigenvalue weighted by molar-refractivity contribution is 8.00. The van der Waals surface area contributed by atoms with Gasteiger partial charge in [0.1, 0.15) is 0 Å². The molecule has 1 aromatic heterocycles. The molecule has 134 valence electrons. The Morgan fingerprint density at radius 2 is 2.00 bits per heavy atom. The second-order valence-corrected chi connectivity index (χ2v) is 7.02. The fourth-order valence-corrected chi connectivity index (χ4v) is 3.53. The van der Waals surface area contributed by atoms with E-state index in [9.17, 15) is 4.79 Å². The molecule has 8 heteroatoms. The van der Waals surface area contributed by atoms with Crippen LogP contribution in [0.1, 0.15) is 13.8 Å². The Morgan fingerprint density at radius 1 is 1.28 bits per heavy atom. The van der Waals surface area contributed by atoms with Crippen LogP contribution in [0.2, 0.25) is 0 Å². The van der Waals surface area contributed by atoms with Gasteiger partial charge < -0.3 is 15.0 Å². The molecule has 1 atom stereocenters. The summed E-state index contributed by atoms with van der Waals surface area (Å²) in [7, 11) is 0. The van der Waals surface area contributed by atoms with E-state index < -0.39 is 0 Å². The van der Waals surface area contributed by atoms with Crippen LogP contribution in [0.3, 0.4) is 0 Å². The van der Waals surface area contributed by atoms with Crippen LogP contribution in [-0.2, 0) is 9.53 Å². The number of nitrogens with one attached hydrogen (secondary N) is 1. The van der Waals surface area contributed by atoms with Crippen LogP contribution in [0.15, 0.2) is 35.5 Å². The lowest BCUT2D eigenvalue weighted by molar-refractivity contribution is -0.120. The zero-order valence-electron chi connectivity index (χ0n) is 14.5. The van der Waals surface area contributed by atoms with Gasteiger partial charge in [0, 0.05) is 19.6 Å². The Bertz CT molecular complexity index is 700. The lowest BCUT2D eigenvalue weighted by Crippen LogP contribution is -2.38. The van der Waals surface area contributed by atoms with Gasteiger partial charge in [-0.1, -0.05) is 30.0 Å². The first-order valence-electron chi connectivity index (χ1n) is 8.48. The van der Waals surface area contributed by atoms with Gasteiger partial charge in [-0.3, -0.25) is 9.36 Å². The number of ether oxygens (including phenoxy) is 1. The summed E-state index contributed by atoms with van der Waals surface area (Å²) >= 11 is 1.42. The summed E-state index contributed by atoms with van der Waals surface area (Å²) in [5, 5.41) is 12.1. The van der Waals surface area contributed by atoms with E-state index >= 15 is 0 Å². The Kier molecular flexibility index (Phi) is 5.93. The van der Waals surface area contributed by atoms with Gasteiger partial charge in [-0.15, -0.1) is 10.2 Å². The van der Waals surface area contributed by atoms with E-state index in [1.54, 1.807) is 0 Å². The summed E-state index contributed by atoms with van der Waals surface area (Å²) < 4.78 is 7.46. The number of rotatable bonds is 6. The molecular weight excluding hydrogens is 338 g/mol. The molecule has 1 aromatic carbocycles. The molecule has 1 unspecified atom stereocenters. The van der Waals surface area contributed by atoms with Crippen molar-refractivity contribution in [3.05, 3.63) is 30.3 Å². The third kappa shape index (κ3) is 4.13. The van der Waals surface area contributed by atoms with Crippen LogP contribution in [0.5, 0.6) is 0 Å². The highest BCUT2D eigenvalue weighted by atomic mass is 32.2. The Morgan fingerprint density at radius 3 is 2.68 bits per heavy atom. The largest absolute Gasteiger partial charge is 0.378 e. The molecule has 3 rings (SSSR count). The first-order valence-corrected chi connectivity index (χ1v) is 9.36. The number of thioether (sulfide) groups is 1. The maximum Gasteiger partial charge on any atom is 0.233 e. The molecule has 1 amide bonds. The summed E-state index contributed by atoms with van der Waals surface area (Å²) in [6, 6.07) is 9.99. The molecule has 25 heavy (non-hydrogen) atoms. The smallest absolute Gasteiger partial charge is 0.233 e. The van der Waals surface area contributed by atoms with Crippen molar-refractivity contribution < 1.29 is 9.53 Å². The van der Waals surface area contributed by atoms with E-state index in [1.807, 2.05) is 48.7 Å². The third-order valence-corrected chi connectivity index (χ3v) is 4.97. The molecule has 0 bridgehead atoms. The van der Waals surface area contributed by atoms with Crippen molar-refractivity contribution in [3.8, 4) is 5.69 Å². The zero-order chi connectivity index (χ0) is 17.6. The van der Waals surface area contributed by atoms with Crippen molar-refractivity contribution in [1.82, 2.24) is 20.1 Å². The Balaban J connectivity index is 1.92. The molecule has 1 fully saturated rings. The molecule has 1 N–H and O–H groups in total. The van der Waals surface area contributed by atoms with E-state index in [2.05, 4.69) is 20.4 Å². The number of benzene rings is 1. The average molecular weight is 361 g/mol. The summed E-state index contributed by atoms with van der Waals surface area (Å²) in [4.78, 5) is 14.3. The van der Waals surface area contributed by atoms with Gasteiger partial charge >= 0.3 is 0 Å². The first kappa shape index (κ1) is 17.8. The van der Waals surface area contributed by atoms with Crippen molar-refractivity contribution in [2.75, 3.05) is 37.7 Å². The standard InChI is InChI=1S/C17H23N5O2S/c1-3-18-15(23)13(2)25-17-20-19-16(21-9-11-24-12-10-21)22(17)14-7-5-4-6-8-14/h4-8,13H,3,9-12H2,1-2H3,(H,18,23). The molecule has 2 heterocycles. The number of hydrogen-bond donors (Lipinski definition) is 1. The predicted octanol–water partition coefficient (Wildman–Crippen LogP) is 1.72. The van der Waals surface area contributed by atoms with Gasteiger partial charge in [0.2, 0.25) is 11.9 Å². The van der Waals surface area contributed by atoms with Crippen LogP contribution in [-0.4, -0.2) is 58.8 Å². The van der Waals surface area contributed by atoms with Gasteiger partial charge in [0.25, 0.3) is 0 Å². The number of nitrogens with zero attached hydrogens (tertiary/aromatic N) is 4. The number of hydrogen-bond acceptors (Lipinski definition) is 6. The predicted molar refractivity (Wildman–Crippen MR) is 98.4 cm³/mol. The maximum atomic E-state index is 12.1. The molecule has 0 saturated carbocycles. The van der Waals surface area contributed by atoms with Gasteiger partial charge in [-0.2, -0.15) is 0 Å². The molecule has 1 saturated heterocycles. The number of para-hydroxylation sites is 1. The van der Waals surface area contributed by atoms with Crippen LogP contribution in [0.4, 0.5) is 5.95 Å². The molecule has 2 aromatic rings. The highest BCUT2D eigenvalue weighted by Crippen LogP contribution is 2.29. The summed E-state index contributed by atoms with van der Waals surface area (Å²) in [5.41, 5.74) is 0.986. The summed E-state index contributed by atoms with van der Waals surface area (Å²) in [6.07, 6.45) is 0. The minimum Gasteiger partial charge on any atom is -0.378 e. The van der Waals surface area contributed by atoms with E-state index in [1.165, 1.54) is 11.8 Å². The lowest BCUT2D eigenvalue weighted by Gasteiger charge is -2.28. The molecule has 7 nitrogen and oxygen atoms in total. The number of morpholine rings is 1. The van der Waals surface area contributed by atoms with E-state index in [-0.39, 0.29) is 11.2 Å². The van der Waals surface area contributed by atoms with Crippen molar-refractivity contribution in [2.45, 2.75) is 24.3 Å². The van der Waals surface area contributed by atoms with Crippen LogP contribution in [0.25, 0.3) is 5.69 Å². The number of carbonyl (C=O) groups is 1. The van der Waals surface area contributed by atoms with E-state index in [0.29, 0.717) is 24.9 Å². The van der Waals surface area contributed by atoms with Crippen molar-refractivity contribution in [2.24, 2.45) is 0 Å². The van der Waals surface area contributed by atoms with Crippen LogP contribution >= 0.6 is 11.8 Å². The van der Waals surface area contributed by atoms with E-state index in [0.717, 1.165) is 24.7 Å². The zero-order valence-corrected chi connectivity index (χ0v) is 15.3. The number of carbonyl (C=O) groups excluding carboxylic acids is 1. The molecule has 1 aliphatic rings. The molecule has 0 spiro atoms. The molecule has 1 aliphatic heterocycles. The Hall–Kier alpha value is -2.06. The second kappa shape index (κ2) is 8.35. The maximum absolute atomic E-state index is 12.1. The van der Waals surface area contributed by atoms with Crippen LogP contribution in [0, 0.1) is 0 Å². The van der Waals surface area contributed by atoms with Crippen molar-refractivity contribution in [1.29, 1.82) is 0 Å². The van der Waals surface area contributed by atoms with Gasteiger partial charge in [-0.25, -0.2) is 0 Å². The Labute approximate surface area is 151 Å². The minimum absolute atomic E-state index is 0.00281. The number of anilines is 1. The van der Waals surface area contributed by atoms with E-state index in [4.69, 9.17) is 4.74 Å². The number of aromatic nitrogens is 3. The fourth-order valence-electron chi connectivity index (χ4n) is 2.64. The molecule has 0 aliphatic carbocycles. The quantitative estimate of drug-likeness (QED) is 0.790. The van der Waals surface area contributed by atoms with Crippen LogP contribution < -0.4 is 10.2 Å². The van der Waals surface area contributed by atoms with Gasteiger partial charge in [0.05, 0.1) is 24.2 Å². The fraction of sp³-hybridized carbons (Fsp3) is 0.471. The average Bonchev–Trinajstić information content (AvgIpc) is 3.07. The lowest BCUT2D eigenvalue weighted by atomic mass is 10.3. The second-order valence-electron chi connectivity index (χ2n) is 5.71. The minimum atomic E-state index is -0.246. The normalized spacial score (nSPS) is 15.8. The third-order valence-electron chi connectivity index (χ3n) is 3.93. The summed E-state index contributed by atoms with van der Waals surface area (Å²) in [6.45, 7) is 7.34.